The van der Waals surface area contributed by atoms with Gasteiger partial charge in [-0.3, -0.25) is 4.90 Å². The Kier molecular flexibility index (Phi) is 4.65. The minimum Gasteiger partial charge on any atom is -0.314 e. The smallest absolute Gasteiger partial charge is 0.214 e. The Labute approximate surface area is 122 Å². The van der Waals surface area contributed by atoms with Gasteiger partial charge in [-0.25, -0.2) is 8.42 Å². The Balaban J connectivity index is 1.46. The molecule has 116 valence electrons. The first-order valence-corrected chi connectivity index (χ1v) is 9.71. The van der Waals surface area contributed by atoms with Crippen LogP contribution in [-0.2, 0) is 10.0 Å². The molecule has 2 saturated heterocycles. The largest absolute Gasteiger partial charge is 0.314 e. The molecule has 0 bridgehead atoms. The molecule has 20 heavy (non-hydrogen) atoms. The third-order valence-electron chi connectivity index (χ3n) is 4.78. The average Bonchev–Trinajstić information content (AvgIpc) is 3.27. The fourth-order valence-corrected chi connectivity index (χ4v) is 4.88. The standard InChI is InChI=1S/C14H27N3O2S/c18-20(19,11-3-7-15-13-5-6-13)17-10-9-16-8-2-1-4-14(16)12-17/h13-15H,1-12H2. The van der Waals surface area contributed by atoms with Crippen molar-refractivity contribution in [3.63, 3.8) is 0 Å². The molecule has 1 atom stereocenters. The van der Waals surface area contributed by atoms with E-state index in [0.717, 1.165) is 39.0 Å². The first kappa shape index (κ1) is 14.8. The molecule has 1 N–H and O–H groups in total. The van der Waals surface area contributed by atoms with Gasteiger partial charge in [0.15, 0.2) is 0 Å². The van der Waals surface area contributed by atoms with Crippen LogP contribution in [0.4, 0.5) is 0 Å². The summed E-state index contributed by atoms with van der Waals surface area (Å²) in [5, 5.41) is 3.39. The minimum absolute atomic E-state index is 0.305. The Hall–Kier alpha value is -0.170. The van der Waals surface area contributed by atoms with Crippen molar-refractivity contribution in [3.8, 4) is 0 Å². The summed E-state index contributed by atoms with van der Waals surface area (Å²) in [6, 6.07) is 1.14. The van der Waals surface area contributed by atoms with Crippen LogP contribution in [0.3, 0.4) is 0 Å². The predicted molar refractivity (Wildman–Crippen MR) is 80.2 cm³/mol. The second-order valence-electron chi connectivity index (χ2n) is 6.44. The van der Waals surface area contributed by atoms with E-state index in [1.165, 1.54) is 25.7 Å². The molecule has 6 heteroatoms. The van der Waals surface area contributed by atoms with Gasteiger partial charge in [0.1, 0.15) is 0 Å². The molecular formula is C14H27N3O2S. The molecule has 5 nitrogen and oxygen atoms in total. The summed E-state index contributed by atoms with van der Waals surface area (Å²) < 4.78 is 26.5. The Morgan fingerprint density at radius 3 is 2.70 bits per heavy atom. The molecule has 0 aromatic rings. The molecule has 0 radical (unpaired) electrons. The zero-order valence-electron chi connectivity index (χ0n) is 12.3. The van der Waals surface area contributed by atoms with E-state index >= 15 is 0 Å². The van der Waals surface area contributed by atoms with Crippen molar-refractivity contribution in [1.82, 2.24) is 14.5 Å². The molecule has 3 aliphatic rings. The van der Waals surface area contributed by atoms with Crippen LogP contribution in [0, 0.1) is 0 Å². The van der Waals surface area contributed by atoms with Gasteiger partial charge in [0.25, 0.3) is 0 Å². The number of hydrogen-bond donors (Lipinski definition) is 1. The van der Waals surface area contributed by atoms with Gasteiger partial charge in [-0.15, -0.1) is 0 Å². The molecule has 2 heterocycles. The highest BCUT2D eigenvalue weighted by molar-refractivity contribution is 7.89. The molecule has 3 fully saturated rings. The molecule has 0 spiro atoms. The monoisotopic (exact) mass is 301 g/mol. The summed E-state index contributed by atoms with van der Waals surface area (Å²) in [6.45, 7) is 4.33. The lowest BCUT2D eigenvalue weighted by atomic mass is 10.0. The Bertz CT molecular complexity index is 422. The van der Waals surface area contributed by atoms with Gasteiger partial charge < -0.3 is 5.32 Å². The lowest BCUT2D eigenvalue weighted by molar-refractivity contribution is 0.0852. The number of nitrogens with zero attached hydrogens (tertiary/aromatic N) is 2. The van der Waals surface area contributed by atoms with Crippen molar-refractivity contribution in [2.75, 3.05) is 38.5 Å². The number of rotatable bonds is 6. The van der Waals surface area contributed by atoms with Crippen LogP contribution in [0.15, 0.2) is 0 Å². The second kappa shape index (κ2) is 6.30. The summed E-state index contributed by atoms with van der Waals surface area (Å²) in [5.41, 5.74) is 0. The summed E-state index contributed by atoms with van der Waals surface area (Å²) in [7, 11) is -3.04. The highest BCUT2D eigenvalue weighted by Gasteiger charge is 2.34. The Morgan fingerprint density at radius 1 is 1.05 bits per heavy atom. The Morgan fingerprint density at radius 2 is 1.90 bits per heavy atom. The van der Waals surface area contributed by atoms with E-state index in [2.05, 4.69) is 10.2 Å². The lowest BCUT2D eigenvalue weighted by Gasteiger charge is -2.43. The molecule has 0 aromatic carbocycles. The normalized spacial score (nSPS) is 29.3. The molecule has 3 rings (SSSR count). The van der Waals surface area contributed by atoms with Gasteiger partial charge in [-0.1, -0.05) is 6.42 Å². The van der Waals surface area contributed by atoms with Crippen LogP contribution in [0.5, 0.6) is 0 Å². The molecule has 0 amide bonds. The maximum atomic E-state index is 12.4. The number of nitrogens with one attached hydrogen (secondary N) is 1. The SMILES string of the molecule is O=S(=O)(CCCNC1CC1)N1CCN2CCCCC2C1. The first-order valence-electron chi connectivity index (χ1n) is 8.10. The zero-order valence-corrected chi connectivity index (χ0v) is 13.1. The van der Waals surface area contributed by atoms with E-state index in [0.29, 0.717) is 24.4 Å². The van der Waals surface area contributed by atoms with Gasteiger partial charge in [-0.05, 0) is 45.2 Å². The third kappa shape index (κ3) is 3.72. The highest BCUT2D eigenvalue weighted by Crippen LogP contribution is 2.23. The van der Waals surface area contributed by atoms with E-state index in [4.69, 9.17) is 0 Å². The molecule has 1 saturated carbocycles. The van der Waals surface area contributed by atoms with E-state index in [1.807, 2.05) is 0 Å². The van der Waals surface area contributed by atoms with Crippen LogP contribution in [0.1, 0.15) is 38.5 Å². The maximum Gasteiger partial charge on any atom is 0.214 e. The van der Waals surface area contributed by atoms with E-state index in [-0.39, 0.29) is 0 Å². The average molecular weight is 301 g/mol. The number of piperazine rings is 1. The van der Waals surface area contributed by atoms with Crippen LogP contribution in [-0.4, -0.2) is 68.2 Å². The van der Waals surface area contributed by atoms with E-state index in [9.17, 15) is 8.42 Å². The lowest BCUT2D eigenvalue weighted by Crippen LogP contribution is -2.56. The molecule has 2 aliphatic heterocycles. The maximum absolute atomic E-state index is 12.4. The zero-order chi connectivity index (χ0) is 14.0. The summed E-state index contributed by atoms with van der Waals surface area (Å²) >= 11 is 0. The topological polar surface area (TPSA) is 52.7 Å². The molecule has 0 aromatic heterocycles. The second-order valence-corrected chi connectivity index (χ2v) is 8.53. The first-order chi connectivity index (χ1) is 9.65. The van der Waals surface area contributed by atoms with Gasteiger partial charge in [0, 0.05) is 31.7 Å². The highest BCUT2D eigenvalue weighted by atomic mass is 32.2. The van der Waals surface area contributed by atoms with Crippen LogP contribution in [0.2, 0.25) is 0 Å². The van der Waals surface area contributed by atoms with Crippen LogP contribution >= 0.6 is 0 Å². The van der Waals surface area contributed by atoms with Crippen LogP contribution in [0.25, 0.3) is 0 Å². The van der Waals surface area contributed by atoms with Gasteiger partial charge in [-0.2, -0.15) is 4.31 Å². The van der Waals surface area contributed by atoms with Gasteiger partial charge >= 0.3 is 0 Å². The van der Waals surface area contributed by atoms with Crippen molar-refractivity contribution in [2.24, 2.45) is 0 Å². The quantitative estimate of drug-likeness (QED) is 0.731. The summed E-state index contributed by atoms with van der Waals surface area (Å²) in [4.78, 5) is 2.48. The fourth-order valence-electron chi connectivity index (χ4n) is 3.36. The van der Waals surface area contributed by atoms with E-state index < -0.39 is 10.0 Å². The number of fused-ring (bicyclic) bond motifs is 1. The number of hydrogen-bond acceptors (Lipinski definition) is 4. The summed E-state index contributed by atoms with van der Waals surface area (Å²) in [5.74, 6) is 0.305. The van der Waals surface area contributed by atoms with E-state index in [1.54, 1.807) is 4.31 Å². The van der Waals surface area contributed by atoms with Crippen molar-refractivity contribution in [3.05, 3.63) is 0 Å². The minimum atomic E-state index is -3.04. The van der Waals surface area contributed by atoms with Gasteiger partial charge in [0.05, 0.1) is 5.75 Å². The van der Waals surface area contributed by atoms with Crippen LogP contribution < -0.4 is 5.32 Å². The molecular weight excluding hydrogens is 274 g/mol. The predicted octanol–water partition coefficient (Wildman–Crippen LogP) is 0.628. The number of piperidine rings is 1. The molecule has 1 unspecified atom stereocenters. The number of sulfonamides is 1. The van der Waals surface area contributed by atoms with Crippen molar-refractivity contribution < 1.29 is 8.42 Å². The third-order valence-corrected chi connectivity index (χ3v) is 6.71. The van der Waals surface area contributed by atoms with Gasteiger partial charge in [0.2, 0.25) is 10.0 Å². The molecule has 1 aliphatic carbocycles. The van der Waals surface area contributed by atoms with Crippen molar-refractivity contribution in [2.45, 2.75) is 50.6 Å². The summed E-state index contributed by atoms with van der Waals surface area (Å²) in [6.07, 6.45) is 6.95. The van der Waals surface area contributed by atoms with Crippen molar-refractivity contribution in [1.29, 1.82) is 0 Å². The fraction of sp³-hybridized carbons (Fsp3) is 1.00. The van der Waals surface area contributed by atoms with Crippen molar-refractivity contribution >= 4 is 10.0 Å².